The number of nitrogens with zero attached hydrogens (tertiary/aromatic N) is 4. The summed E-state index contributed by atoms with van der Waals surface area (Å²) in [6, 6.07) is 3.59. The normalized spacial score (nSPS) is 11.9. The molecule has 6 nitrogen and oxygen atoms in total. The van der Waals surface area contributed by atoms with Gasteiger partial charge in [-0.3, -0.25) is 0 Å². The third-order valence-corrected chi connectivity index (χ3v) is 3.25. The predicted molar refractivity (Wildman–Crippen MR) is 72.8 cm³/mol. The Bertz CT molecular complexity index is 657. The summed E-state index contributed by atoms with van der Waals surface area (Å²) in [5.41, 5.74) is 10.1. The number of hydrogen-bond acceptors (Lipinski definition) is 4. The zero-order valence-corrected chi connectivity index (χ0v) is 11.5. The first kappa shape index (κ1) is 13.1. The Morgan fingerprint density at radius 1 is 1.26 bits per heavy atom. The Kier molecular flexibility index (Phi) is 3.25. The smallest absolute Gasteiger partial charge is 0.173 e. The molecule has 0 spiro atoms. The lowest BCUT2D eigenvalue weighted by molar-refractivity contribution is 0.318. The molecule has 100 valence electrons. The summed E-state index contributed by atoms with van der Waals surface area (Å²) >= 11 is 0. The van der Waals surface area contributed by atoms with Crippen LogP contribution in [0.3, 0.4) is 0 Å². The van der Waals surface area contributed by atoms with E-state index >= 15 is 0 Å². The molecule has 2 heterocycles. The molecule has 0 unspecified atom stereocenters. The van der Waals surface area contributed by atoms with Crippen LogP contribution in [-0.4, -0.2) is 25.8 Å². The van der Waals surface area contributed by atoms with Crippen LogP contribution in [0, 0.1) is 27.7 Å². The van der Waals surface area contributed by atoms with Gasteiger partial charge < -0.3 is 10.9 Å². The Morgan fingerprint density at radius 2 is 1.95 bits per heavy atom. The van der Waals surface area contributed by atoms with Crippen molar-refractivity contribution < 1.29 is 5.21 Å². The van der Waals surface area contributed by atoms with Gasteiger partial charge in [0.05, 0.1) is 11.3 Å². The summed E-state index contributed by atoms with van der Waals surface area (Å²) in [5.74, 6) is 0.594. The van der Waals surface area contributed by atoms with E-state index in [0.717, 1.165) is 22.6 Å². The summed E-state index contributed by atoms with van der Waals surface area (Å²) < 4.78 is 1.73. The molecule has 2 rings (SSSR count). The van der Waals surface area contributed by atoms with Gasteiger partial charge in [0.25, 0.3) is 0 Å². The topological polar surface area (TPSA) is 89.3 Å². The number of pyridine rings is 1. The van der Waals surface area contributed by atoms with Crippen molar-refractivity contribution in [2.45, 2.75) is 27.7 Å². The van der Waals surface area contributed by atoms with Gasteiger partial charge in [-0.05, 0) is 45.4 Å². The molecule has 6 heteroatoms. The number of oxime groups is 1. The monoisotopic (exact) mass is 259 g/mol. The van der Waals surface area contributed by atoms with Crippen LogP contribution in [0.4, 0.5) is 0 Å². The molecular weight excluding hydrogens is 242 g/mol. The fourth-order valence-electron chi connectivity index (χ4n) is 1.89. The number of amidine groups is 1. The second-order valence-corrected chi connectivity index (χ2v) is 4.52. The summed E-state index contributed by atoms with van der Waals surface area (Å²) in [6.07, 6.45) is 0. The molecule has 0 fully saturated rings. The minimum Gasteiger partial charge on any atom is -0.409 e. The van der Waals surface area contributed by atoms with Gasteiger partial charge in [0, 0.05) is 11.4 Å². The average Bonchev–Trinajstić information content (AvgIpc) is 2.65. The average molecular weight is 259 g/mol. The van der Waals surface area contributed by atoms with Crippen molar-refractivity contribution in [2.24, 2.45) is 10.9 Å². The Balaban J connectivity index is 2.73. The molecule has 0 aromatic carbocycles. The van der Waals surface area contributed by atoms with Crippen molar-refractivity contribution in [1.82, 2.24) is 14.8 Å². The molecule has 2 aromatic rings. The van der Waals surface area contributed by atoms with E-state index < -0.39 is 0 Å². The van der Waals surface area contributed by atoms with Crippen LogP contribution in [0.2, 0.25) is 0 Å². The first-order chi connectivity index (χ1) is 8.95. The van der Waals surface area contributed by atoms with Crippen LogP contribution >= 0.6 is 0 Å². The number of rotatable bonds is 2. The van der Waals surface area contributed by atoms with Crippen LogP contribution in [0.15, 0.2) is 17.3 Å². The lowest BCUT2D eigenvalue weighted by atomic mass is 10.2. The summed E-state index contributed by atoms with van der Waals surface area (Å²) in [6.45, 7) is 7.80. The molecule has 2 aromatic heterocycles. The highest BCUT2D eigenvalue weighted by Gasteiger charge is 2.16. The van der Waals surface area contributed by atoms with Gasteiger partial charge in [0.1, 0.15) is 0 Å². The van der Waals surface area contributed by atoms with E-state index in [1.165, 1.54) is 0 Å². The third kappa shape index (κ3) is 2.16. The minimum absolute atomic E-state index is 0.0210. The number of aryl methyl sites for hydroxylation is 2. The van der Waals surface area contributed by atoms with E-state index in [2.05, 4.69) is 15.2 Å². The maximum Gasteiger partial charge on any atom is 0.173 e. The van der Waals surface area contributed by atoms with Gasteiger partial charge in [0.15, 0.2) is 11.7 Å². The van der Waals surface area contributed by atoms with Crippen LogP contribution in [-0.2, 0) is 0 Å². The Hall–Kier alpha value is -2.37. The largest absolute Gasteiger partial charge is 0.409 e. The van der Waals surface area contributed by atoms with Crippen LogP contribution in [0.1, 0.15) is 28.2 Å². The molecule has 0 saturated carbocycles. The van der Waals surface area contributed by atoms with Crippen molar-refractivity contribution in [2.75, 3.05) is 0 Å². The molecular formula is C13H17N5O. The van der Waals surface area contributed by atoms with Gasteiger partial charge in [-0.1, -0.05) is 5.16 Å². The zero-order chi connectivity index (χ0) is 14.2. The zero-order valence-electron chi connectivity index (χ0n) is 11.5. The van der Waals surface area contributed by atoms with Crippen molar-refractivity contribution in [3.8, 4) is 5.82 Å². The Labute approximate surface area is 111 Å². The second-order valence-electron chi connectivity index (χ2n) is 4.52. The highest BCUT2D eigenvalue weighted by atomic mass is 16.4. The summed E-state index contributed by atoms with van der Waals surface area (Å²) in [4.78, 5) is 4.46. The number of nitrogens with two attached hydrogens (primary N) is 1. The molecule has 0 amide bonds. The van der Waals surface area contributed by atoms with E-state index in [1.807, 2.05) is 33.8 Å². The number of aromatic nitrogens is 3. The van der Waals surface area contributed by atoms with E-state index in [0.29, 0.717) is 11.4 Å². The molecule has 0 saturated heterocycles. The van der Waals surface area contributed by atoms with Crippen LogP contribution in [0.25, 0.3) is 5.82 Å². The van der Waals surface area contributed by atoms with Crippen molar-refractivity contribution in [3.63, 3.8) is 0 Å². The molecule has 3 N–H and O–H groups in total. The standard InChI is InChI=1S/C13H17N5O/c1-7-5-6-11(12(14)17-19)13(15-7)18-10(4)8(2)9(3)16-18/h5-6,19H,1-4H3,(H2,14,17). The molecule has 0 atom stereocenters. The van der Waals surface area contributed by atoms with Gasteiger partial charge in [0.2, 0.25) is 0 Å². The first-order valence-electron chi connectivity index (χ1n) is 5.94. The van der Waals surface area contributed by atoms with Gasteiger partial charge >= 0.3 is 0 Å². The van der Waals surface area contributed by atoms with Crippen molar-refractivity contribution >= 4 is 5.84 Å². The third-order valence-electron chi connectivity index (χ3n) is 3.25. The molecule has 19 heavy (non-hydrogen) atoms. The lowest BCUT2D eigenvalue weighted by Crippen LogP contribution is -2.18. The molecule has 0 aliphatic carbocycles. The maximum atomic E-state index is 8.86. The minimum atomic E-state index is 0.0210. The second kappa shape index (κ2) is 4.72. The lowest BCUT2D eigenvalue weighted by Gasteiger charge is -2.10. The van der Waals surface area contributed by atoms with Crippen molar-refractivity contribution in [1.29, 1.82) is 0 Å². The number of hydrogen-bond donors (Lipinski definition) is 2. The van der Waals surface area contributed by atoms with E-state index in [4.69, 9.17) is 10.9 Å². The summed E-state index contributed by atoms with van der Waals surface area (Å²) in [5, 5.41) is 16.4. The highest BCUT2D eigenvalue weighted by Crippen LogP contribution is 2.19. The predicted octanol–water partition coefficient (Wildman–Crippen LogP) is 1.60. The van der Waals surface area contributed by atoms with E-state index in [1.54, 1.807) is 10.7 Å². The first-order valence-corrected chi connectivity index (χ1v) is 5.94. The maximum absolute atomic E-state index is 8.86. The van der Waals surface area contributed by atoms with Gasteiger partial charge in [-0.25, -0.2) is 9.67 Å². The Morgan fingerprint density at radius 3 is 2.47 bits per heavy atom. The molecule has 0 radical (unpaired) electrons. The van der Waals surface area contributed by atoms with Gasteiger partial charge in [-0.2, -0.15) is 5.10 Å². The quantitative estimate of drug-likeness (QED) is 0.371. The SMILES string of the molecule is Cc1ccc(C(N)=NO)c(-n2nc(C)c(C)c2C)n1. The molecule has 0 aliphatic heterocycles. The highest BCUT2D eigenvalue weighted by molar-refractivity contribution is 5.99. The van der Waals surface area contributed by atoms with E-state index in [9.17, 15) is 0 Å². The van der Waals surface area contributed by atoms with Gasteiger partial charge in [-0.15, -0.1) is 0 Å². The van der Waals surface area contributed by atoms with Crippen LogP contribution in [0.5, 0.6) is 0 Å². The molecule has 0 bridgehead atoms. The fourth-order valence-corrected chi connectivity index (χ4v) is 1.89. The summed E-state index contributed by atoms with van der Waals surface area (Å²) in [7, 11) is 0. The molecule has 0 aliphatic rings. The van der Waals surface area contributed by atoms with E-state index in [-0.39, 0.29) is 5.84 Å². The fraction of sp³-hybridized carbons (Fsp3) is 0.308. The van der Waals surface area contributed by atoms with Crippen LogP contribution < -0.4 is 5.73 Å². The van der Waals surface area contributed by atoms with Crippen molar-refractivity contribution in [3.05, 3.63) is 40.3 Å².